The number of phenols is 1. The van der Waals surface area contributed by atoms with Gasteiger partial charge < -0.3 is 15.6 Å². The predicted octanol–water partition coefficient (Wildman–Crippen LogP) is 5.12. The lowest BCUT2D eigenvalue weighted by molar-refractivity contribution is 0.104. The Morgan fingerprint density at radius 3 is 2.46 bits per heavy atom. The van der Waals surface area contributed by atoms with Crippen LogP contribution in [0.5, 0.6) is 11.5 Å². The zero-order chi connectivity index (χ0) is 20.5. The number of ether oxygens (including phenoxy) is 1. The Hall–Kier alpha value is -3.27. The number of phenolic OH excluding ortho intramolecular Hbond substituents is 1. The van der Waals surface area contributed by atoms with E-state index in [1.165, 1.54) is 6.08 Å². The first-order valence-electron chi connectivity index (χ1n) is 9.32. The third-order valence-corrected chi connectivity index (χ3v) is 4.23. The van der Waals surface area contributed by atoms with E-state index in [1.54, 1.807) is 42.5 Å². The summed E-state index contributed by atoms with van der Waals surface area (Å²) in [6.45, 7) is 10.1. The second-order valence-corrected chi connectivity index (χ2v) is 6.43. The van der Waals surface area contributed by atoms with Crippen LogP contribution < -0.4 is 10.5 Å². The smallest absolute Gasteiger partial charge is 0.185 e. The van der Waals surface area contributed by atoms with Crippen LogP contribution in [0.3, 0.4) is 0 Å². The van der Waals surface area contributed by atoms with Gasteiger partial charge in [0.1, 0.15) is 11.5 Å². The van der Waals surface area contributed by atoms with Gasteiger partial charge in [0.15, 0.2) is 5.78 Å². The van der Waals surface area contributed by atoms with Crippen molar-refractivity contribution >= 4 is 17.5 Å². The number of rotatable bonds is 10. The van der Waals surface area contributed by atoms with Crippen LogP contribution in [0.25, 0.3) is 6.08 Å². The van der Waals surface area contributed by atoms with Crippen LogP contribution in [0.2, 0.25) is 0 Å². The second kappa shape index (κ2) is 10.2. The molecule has 0 bridgehead atoms. The predicted molar refractivity (Wildman–Crippen MR) is 116 cm³/mol. The van der Waals surface area contributed by atoms with Gasteiger partial charge in [0.2, 0.25) is 0 Å². The molecule has 0 saturated heterocycles. The molecule has 3 N–H and O–H groups in total. The Morgan fingerprint density at radius 1 is 1.18 bits per heavy atom. The summed E-state index contributed by atoms with van der Waals surface area (Å²) in [6, 6.07) is 8.62. The van der Waals surface area contributed by atoms with Gasteiger partial charge in [-0.3, -0.25) is 4.79 Å². The first-order chi connectivity index (χ1) is 13.5. The molecule has 2 rings (SSSR count). The molecule has 0 atom stereocenters. The van der Waals surface area contributed by atoms with Crippen LogP contribution in [0, 0.1) is 0 Å². The summed E-state index contributed by atoms with van der Waals surface area (Å²) >= 11 is 0. The molecule has 0 saturated carbocycles. The number of carbonyl (C=O) groups excluding carboxylic acids is 1. The molecule has 0 unspecified atom stereocenters. The van der Waals surface area contributed by atoms with Gasteiger partial charge in [-0.05, 0) is 67.3 Å². The Kier molecular flexibility index (Phi) is 7.64. The molecule has 4 nitrogen and oxygen atoms in total. The fraction of sp³-hybridized carbons (Fsp3) is 0.208. The van der Waals surface area contributed by atoms with Gasteiger partial charge in [0.25, 0.3) is 0 Å². The van der Waals surface area contributed by atoms with Crippen molar-refractivity contribution in [2.45, 2.75) is 26.2 Å². The molecule has 0 aliphatic carbocycles. The van der Waals surface area contributed by atoms with Gasteiger partial charge >= 0.3 is 0 Å². The summed E-state index contributed by atoms with van der Waals surface area (Å²) in [5.41, 5.74) is 8.98. The van der Waals surface area contributed by atoms with E-state index in [1.807, 2.05) is 13.0 Å². The lowest BCUT2D eigenvalue weighted by Crippen LogP contribution is -2.03. The molecule has 0 radical (unpaired) electrons. The maximum absolute atomic E-state index is 12.5. The standard InChI is InChI=1S/C24H27NO3/c1-4-7-18-16-19(11-14-22(26)17-9-12-20(25)13-10-17)24(28-15-6-3)21(8-5-2)23(18)27/h4-5,9-14,16,27H,1-2,6-8,15,25H2,3H3. The highest BCUT2D eigenvalue weighted by molar-refractivity contribution is 6.07. The van der Waals surface area contributed by atoms with E-state index in [0.717, 1.165) is 17.5 Å². The summed E-state index contributed by atoms with van der Waals surface area (Å²) in [5.74, 6) is 0.631. The lowest BCUT2D eigenvalue weighted by Gasteiger charge is -2.17. The first kappa shape index (κ1) is 21.0. The minimum atomic E-state index is -0.134. The number of carbonyl (C=O) groups is 1. The van der Waals surface area contributed by atoms with Gasteiger partial charge in [0, 0.05) is 22.4 Å². The summed E-state index contributed by atoms with van der Waals surface area (Å²) in [5, 5.41) is 10.7. The molecular formula is C24H27NO3. The molecule has 0 fully saturated rings. The molecular weight excluding hydrogens is 350 g/mol. The maximum atomic E-state index is 12.5. The van der Waals surface area contributed by atoms with Gasteiger partial charge in [-0.15, -0.1) is 13.2 Å². The van der Waals surface area contributed by atoms with Crippen molar-refractivity contribution in [2.75, 3.05) is 12.3 Å². The normalized spacial score (nSPS) is 10.8. The van der Waals surface area contributed by atoms with Crippen LogP contribution in [0.4, 0.5) is 5.69 Å². The van der Waals surface area contributed by atoms with E-state index in [-0.39, 0.29) is 11.5 Å². The molecule has 0 aromatic heterocycles. The van der Waals surface area contributed by atoms with Crippen molar-refractivity contribution in [3.8, 4) is 11.5 Å². The second-order valence-electron chi connectivity index (χ2n) is 6.43. The number of anilines is 1. The molecule has 146 valence electrons. The van der Waals surface area contributed by atoms with E-state index in [9.17, 15) is 9.90 Å². The quantitative estimate of drug-likeness (QED) is 0.261. The zero-order valence-electron chi connectivity index (χ0n) is 16.3. The first-order valence-corrected chi connectivity index (χ1v) is 9.32. The van der Waals surface area contributed by atoms with Crippen LogP contribution in [0.1, 0.15) is 40.4 Å². The van der Waals surface area contributed by atoms with E-state index >= 15 is 0 Å². The molecule has 0 heterocycles. The number of hydrogen-bond acceptors (Lipinski definition) is 4. The highest BCUT2D eigenvalue weighted by atomic mass is 16.5. The zero-order valence-corrected chi connectivity index (χ0v) is 16.3. The largest absolute Gasteiger partial charge is 0.507 e. The van der Waals surface area contributed by atoms with Crippen molar-refractivity contribution < 1.29 is 14.6 Å². The summed E-state index contributed by atoms with van der Waals surface area (Å²) in [6.07, 6.45) is 8.48. The highest BCUT2D eigenvalue weighted by Crippen LogP contribution is 2.37. The van der Waals surface area contributed by atoms with E-state index in [2.05, 4.69) is 13.2 Å². The molecule has 0 aliphatic heterocycles. The molecule has 0 amide bonds. The van der Waals surface area contributed by atoms with E-state index in [4.69, 9.17) is 10.5 Å². The van der Waals surface area contributed by atoms with Crippen molar-refractivity contribution in [1.82, 2.24) is 0 Å². The van der Waals surface area contributed by atoms with Gasteiger partial charge in [-0.1, -0.05) is 19.1 Å². The van der Waals surface area contributed by atoms with E-state index < -0.39 is 0 Å². The van der Waals surface area contributed by atoms with Gasteiger partial charge in [0.05, 0.1) is 6.61 Å². The van der Waals surface area contributed by atoms with Gasteiger partial charge in [-0.2, -0.15) is 0 Å². The summed E-state index contributed by atoms with van der Waals surface area (Å²) < 4.78 is 5.93. The topological polar surface area (TPSA) is 72.6 Å². The van der Waals surface area contributed by atoms with E-state index in [0.29, 0.717) is 42.0 Å². The number of benzene rings is 2. The number of nitrogen functional groups attached to an aromatic ring is 1. The Morgan fingerprint density at radius 2 is 1.86 bits per heavy atom. The highest BCUT2D eigenvalue weighted by Gasteiger charge is 2.17. The molecule has 2 aromatic carbocycles. The Bertz CT molecular complexity index is 880. The number of nitrogens with two attached hydrogens (primary N) is 1. The molecule has 4 heteroatoms. The minimum absolute atomic E-state index is 0.134. The van der Waals surface area contributed by atoms with Crippen molar-refractivity contribution in [1.29, 1.82) is 0 Å². The van der Waals surface area contributed by atoms with Crippen molar-refractivity contribution in [3.63, 3.8) is 0 Å². The number of ketones is 1. The number of allylic oxidation sites excluding steroid dienone is 3. The fourth-order valence-corrected chi connectivity index (χ4v) is 2.85. The van der Waals surface area contributed by atoms with Crippen molar-refractivity contribution in [2.24, 2.45) is 0 Å². The lowest BCUT2D eigenvalue weighted by atomic mass is 9.97. The maximum Gasteiger partial charge on any atom is 0.185 e. The van der Waals surface area contributed by atoms with Crippen LogP contribution >= 0.6 is 0 Å². The SMILES string of the molecule is C=CCc1cc(C=CC(=O)c2ccc(N)cc2)c(OCCC)c(CC=C)c1O. The van der Waals surface area contributed by atoms with Crippen molar-refractivity contribution in [3.05, 3.63) is 84.0 Å². The number of hydrogen-bond donors (Lipinski definition) is 2. The molecule has 0 spiro atoms. The Labute approximate surface area is 166 Å². The average Bonchev–Trinajstić information content (AvgIpc) is 2.69. The fourth-order valence-electron chi connectivity index (χ4n) is 2.85. The van der Waals surface area contributed by atoms with Crippen LogP contribution in [-0.4, -0.2) is 17.5 Å². The number of aromatic hydroxyl groups is 1. The van der Waals surface area contributed by atoms with Crippen LogP contribution in [-0.2, 0) is 12.8 Å². The monoisotopic (exact) mass is 377 g/mol. The average molecular weight is 377 g/mol. The minimum Gasteiger partial charge on any atom is -0.507 e. The summed E-state index contributed by atoms with van der Waals surface area (Å²) in [4.78, 5) is 12.5. The van der Waals surface area contributed by atoms with Gasteiger partial charge in [-0.25, -0.2) is 0 Å². The summed E-state index contributed by atoms with van der Waals surface area (Å²) in [7, 11) is 0. The Balaban J connectivity index is 2.49. The van der Waals surface area contributed by atoms with Crippen LogP contribution in [0.15, 0.2) is 61.7 Å². The molecule has 2 aromatic rings. The third kappa shape index (κ3) is 5.13. The third-order valence-electron chi connectivity index (χ3n) is 4.23. The molecule has 0 aliphatic rings. The molecule has 28 heavy (non-hydrogen) atoms.